The molecule has 0 spiro atoms. The number of hydrogen-bond acceptors (Lipinski definition) is 4. The molecule has 1 aliphatic heterocycles. The van der Waals surface area contributed by atoms with E-state index in [0.29, 0.717) is 19.8 Å². The lowest BCUT2D eigenvalue weighted by molar-refractivity contribution is -0.307. The van der Waals surface area contributed by atoms with Crippen molar-refractivity contribution in [3.63, 3.8) is 0 Å². The Kier molecular flexibility index (Phi) is 8.67. The van der Waals surface area contributed by atoms with E-state index in [-0.39, 0.29) is 24.2 Å². The molecule has 0 amide bonds. The average Bonchev–Trinajstić information content (AvgIpc) is 2.88. The van der Waals surface area contributed by atoms with Gasteiger partial charge in [-0.15, -0.1) is 0 Å². The number of benzene rings is 3. The second kappa shape index (κ2) is 12.1. The van der Waals surface area contributed by atoms with Gasteiger partial charge in [-0.3, -0.25) is 0 Å². The van der Waals surface area contributed by atoms with Crippen LogP contribution in [0.3, 0.4) is 0 Å². The van der Waals surface area contributed by atoms with Gasteiger partial charge in [0.25, 0.3) is 0 Å². The van der Waals surface area contributed by atoms with Crippen LogP contribution in [0.4, 0.5) is 0 Å². The van der Waals surface area contributed by atoms with Crippen molar-refractivity contribution in [3.8, 4) is 0 Å². The first-order valence-corrected chi connectivity index (χ1v) is 11.9. The van der Waals surface area contributed by atoms with Gasteiger partial charge in [0.1, 0.15) is 6.10 Å². The summed E-state index contributed by atoms with van der Waals surface area (Å²) in [5, 5.41) is 0. The summed E-state index contributed by atoms with van der Waals surface area (Å²) in [5.41, 5.74) is 3.37. The maximum absolute atomic E-state index is 6.51. The molecule has 4 rings (SSSR count). The Hall–Kier alpha value is -2.50. The molecule has 1 heterocycles. The lowest BCUT2D eigenvalue weighted by atomic mass is 9.89. The van der Waals surface area contributed by atoms with Crippen molar-refractivity contribution in [2.24, 2.45) is 5.92 Å². The van der Waals surface area contributed by atoms with Crippen LogP contribution in [0.5, 0.6) is 0 Å². The van der Waals surface area contributed by atoms with Crippen LogP contribution in [0.15, 0.2) is 91.0 Å². The van der Waals surface area contributed by atoms with E-state index in [1.165, 1.54) is 0 Å². The van der Waals surface area contributed by atoms with Crippen molar-refractivity contribution in [2.45, 2.75) is 64.7 Å². The predicted molar refractivity (Wildman–Crippen MR) is 129 cm³/mol. The Morgan fingerprint density at radius 2 is 1.03 bits per heavy atom. The van der Waals surface area contributed by atoms with Crippen molar-refractivity contribution < 1.29 is 18.9 Å². The van der Waals surface area contributed by atoms with Gasteiger partial charge in [0.15, 0.2) is 6.29 Å². The highest BCUT2D eigenvalue weighted by molar-refractivity contribution is 5.15. The first-order chi connectivity index (χ1) is 16.2. The van der Waals surface area contributed by atoms with Gasteiger partial charge in [-0.1, -0.05) is 105 Å². The van der Waals surface area contributed by atoms with Crippen molar-refractivity contribution in [3.05, 3.63) is 108 Å². The zero-order chi connectivity index (χ0) is 22.9. The van der Waals surface area contributed by atoms with E-state index in [0.717, 1.165) is 23.1 Å². The fourth-order valence-corrected chi connectivity index (χ4v) is 4.35. The summed E-state index contributed by atoms with van der Waals surface area (Å²) in [6, 6.07) is 30.7. The van der Waals surface area contributed by atoms with Crippen molar-refractivity contribution >= 4 is 0 Å². The monoisotopic (exact) mass is 446 g/mol. The highest BCUT2D eigenvalue weighted by Crippen LogP contribution is 2.34. The summed E-state index contributed by atoms with van der Waals surface area (Å²) < 4.78 is 25.7. The topological polar surface area (TPSA) is 36.9 Å². The van der Waals surface area contributed by atoms with Crippen LogP contribution in [-0.2, 0) is 38.8 Å². The van der Waals surface area contributed by atoms with Gasteiger partial charge in [0.2, 0.25) is 0 Å². The van der Waals surface area contributed by atoms with E-state index < -0.39 is 6.29 Å². The molecular formula is C29H34O4. The Bertz CT molecular complexity index is 932. The summed E-state index contributed by atoms with van der Waals surface area (Å²) in [5.74, 6) is 0.177. The van der Waals surface area contributed by atoms with Gasteiger partial charge in [0, 0.05) is 5.92 Å². The molecule has 1 aliphatic rings. The standard InChI is InChI=1S/C29H34O4/c1-3-26-22(2)27(30-19-23-13-7-4-8-14-23)28(31-20-24-15-9-5-10-16-24)29(33-26)32-21-25-17-11-6-12-18-25/h4-18,22,26-29H,3,19-21H2,1-2H3/t22-,26-,27+,28-,29+/m1/s1. The van der Waals surface area contributed by atoms with E-state index in [1.54, 1.807) is 0 Å². The third-order valence-electron chi connectivity index (χ3n) is 6.24. The molecule has 5 atom stereocenters. The SMILES string of the molecule is CC[C@H]1O[C@H](OCc2ccccc2)[C@H](OCc2ccccc2)[C@@H](OCc2ccccc2)[C@@H]1C. The van der Waals surface area contributed by atoms with Gasteiger partial charge in [0.05, 0.1) is 32.0 Å². The van der Waals surface area contributed by atoms with Gasteiger partial charge < -0.3 is 18.9 Å². The van der Waals surface area contributed by atoms with Gasteiger partial charge >= 0.3 is 0 Å². The highest BCUT2D eigenvalue weighted by Gasteiger charge is 2.45. The summed E-state index contributed by atoms with van der Waals surface area (Å²) in [7, 11) is 0. The summed E-state index contributed by atoms with van der Waals surface area (Å²) >= 11 is 0. The highest BCUT2D eigenvalue weighted by atomic mass is 16.7. The van der Waals surface area contributed by atoms with Gasteiger partial charge in [-0.05, 0) is 23.1 Å². The number of ether oxygens (including phenoxy) is 4. The maximum Gasteiger partial charge on any atom is 0.187 e. The Morgan fingerprint density at radius 1 is 0.606 bits per heavy atom. The zero-order valence-electron chi connectivity index (χ0n) is 19.5. The van der Waals surface area contributed by atoms with Crippen molar-refractivity contribution in [1.29, 1.82) is 0 Å². The molecule has 0 saturated carbocycles. The van der Waals surface area contributed by atoms with E-state index in [2.05, 4.69) is 50.2 Å². The van der Waals surface area contributed by atoms with Gasteiger partial charge in [-0.25, -0.2) is 0 Å². The van der Waals surface area contributed by atoms with E-state index in [9.17, 15) is 0 Å². The average molecular weight is 447 g/mol. The lowest BCUT2D eigenvalue weighted by Crippen LogP contribution is -2.56. The molecule has 0 bridgehead atoms. The van der Waals surface area contributed by atoms with Crippen molar-refractivity contribution in [1.82, 2.24) is 0 Å². The van der Waals surface area contributed by atoms with Crippen LogP contribution >= 0.6 is 0 Å². The molecular weight excluding hydrogens is 412 g/mol. The first-order valence-electron chi connectivity index (χ1n) is 11.9. The summed E-state index contributed by atoms with van der Waals surface area (Å²) in [6.45, 7) is 5.82. The molecule has 33 heavy (non-hydrogen) atoms. The largest absolute Gasteiger partial charge is 0.370 e. The summed E-state index contributed by atoms with van der Waals surface area (Å²) in [6.07, 6.45) is -0.0500. The fourth-order valence-electron chi connectivity index (χ4n) is 4.35. The molecule has 0 radical (unpaired) electrons. The Labute approximate surface area is 197 Å². The van der Waals surface area contributed by atoms with Crippen LogP contribution in [0.25, 0.3) is 0 Å². The molecule has 4 heteroatoms. The lowest BCUT2D eigenvalue weighted by Gasteiger charge is -2.45. The fraction of sp³-hybridized carbons (Fsp3) is 0.379. The molecule has 0 aromatic heterocycles. The van der Waals surface area contributed by atoms with Crippen LogP contribution in [0, 0.1) is 5.92 Å². The molecule has 3 aromatic carbocycles. The smallest absolute Gasteiger partial charge is 0.187 e. The second-order valence-corrected chi connectivity index (χ2v) is 8.63. The number of rotatable bonds is 10. The molecule has 1 saturated heterocycles. The molecule has 0 aliphatic carbocycles. The van der Waals surface area contributed by atoms with E-state index >= 15 is 0 Å². The Balaban J connectivity index is 1.52. The molecule has 3 aromatic rings. The third-order valence-corrected chi connectivity index (χ3v) is 6.24. The van der Waals surface area contributed by atoms with E-state index in [1.807, 2.05) is 54.6 Å². The zero-order valence-corrected chi connectivity index (χ0v) is 19.5. The third kappa shape index (κ3) is 6.52. The number of hydrogen-bond donors (Lipinski definition) is 0. The van der Waals surface area contributed by atoms with Crippen LogP contribution in [-0.4, -0.2) is 24.6 Å². The molecule has 174 valence electrons. The van der Waals surface area contributed by atoms with Crippen LogP contribution < -0.4 is 0 Å². The maximum atomic E-state index is 6.51. The van der Waals surface area contributed by atoms with Crippen LogP contribution in [0.2, 0.25) is 0 Å². The first kappa shape index (κ1) is 23.7. The minimum Gasteiger partial charge on any atom is -0.370 e. The minimum absolute atomic E-state index is 0.0446. The van der Waals surface area contributed by atoms with Crippen LogP contribution in [0.1, 0.15) is 37.0 Å². The Morgan fingerprint density at radius 3 is 1.48 bits per heavy atom. The predicted octanol–water partition coefficient (Wildman–Crippen LogP) is 6.15. The molecule has 1 fully saturated rings. The second-order valence-electron chi connectivity index (χ2n) is 8.63. The normalized spacial score (nSPS) is 25.1. The molecule has 0 N–H and O–H groups in total. The van der Waals surface area contributed by atoms with Crippen molar-refractivity contribution in [2.75, 3.05) is 0 Å². The quantitative estimate of drug-likeness (QED) is 0.375. The van der Waals surface area contributed by atoms with Gasteiger partial charge in [-0.2, -0.15) is 0 Å². The molecule has 4 nitrogen and oxygen atoms in total. The molecule has 0 unspecified atom stereocenters. The minimum atomic E-state index is -0.504. The summed E-state index contributed by atoms with van der Waals surface area (Å²) in [4.78, 5) is 0. The van der Waals surface area contributed by atoms with E-state index in [4.69, 9.17) is 18.9 Å².